The Labute approximate surface area is 223 Å². The lowest BCUT2D eigenvalue weighted by Crippen LogP contribution is -2.24. The Balaban J connectivity index is 0.000000162. The third kappa shape index (κ3) is 5.71. The second kappa shape index (κ2) is 10.8. The Morgan fingerprint density at radius 2 is 1.23 bits per heavy atom. The predicted octanol–water partition coefficient (Wildman–Crippen LogP) is 1.72. The molecule has 0 unspecified atom stereocenters. The number of rotatable bonds is 4. The molecule has 202 valence electrons. The van der Waals surface area contributed by atoms with Crippen LogP contribution < -0.4 is 33.7 Å². The van der Waals surface area contributed by atoms with Crippen LogP contribution in [0.4, 0.5) is 4.39 Å². The van der Waals surface area contributed by atoms with Crippen molar-refractivity contribution in [3.63, 3.8) is 0 Å². The molecule has 0 aliphatic heterocycles. The first kappa shape index (κ1) is 26.2. The molecule has 0 bridgehead atoms. The van der Waals surface area contributed by atoms with Crippen LogP contribution in [0.25, 0.3) is 22.2 Å². The van der Waals surface area contributed by atoms with Crippen molar-refractivity contribution >= 4 is 33.5 Å². The second-order valence-electron chi connectivity index (χ2n) is 8.52. The fourth-order valence-corrected chi connectivity index (χ4v) is 4.78. The quantitative estimate of drug-likeness (QED) is 0.249. The number of fused-ring (bicyclic) bond motifs is 2. The summed E-state index contributed by atoms with van der Waals surface area (Å²) < 4.78 is 22.9. The van der Waals surface area contributed by atoms with Crippen molar-refractivity contribution in [2.45, 2.75) is 12.8 Å². The van der Waals surface area contributed by atoms with Gasteiger partial charge in [-0.15, -0.1) is 0 Å². The second-order valence-corrected chi connectivity index (χ2v) is 9.30. The first-order valence-electron chi connectivity index (χ1n) is 11.5. The predicted molar refractivity (Wildman–Crippen MR) is 144 cm³/mol. The average molecular weight is 565 g/mol. The van der Waals surface area contributed by atoms with Gasteiger partial charge >= 0.3 is 22.6 Å². The molecule has 12 nitrogen and oxygen atoms in total. The number of nitrogens with one attached hydrogen (secondary N) is 4. The van der Waals surface area contributed by atoms with E-state index in [4.69, 9.17) is 8.83 Å². The molecule has 14 heteroatoms. The normalized spacial score (nSPS) is 10.9. The topological polar surface area (TPSA) is 192 Å². The minimum Gasteiger partial charge on any atom is -0.405 e. The van der Waals surface area contributed by atoms with Crippen LogP contribution in [-0.2, 0) is 12.8 Å². The summed E-state index contributed by atoms with van der Waals surface area (Å²) >= 11 is 1.53. The van der Waals surface area contributed by atoms with Gasteiger partial charge in [0.25, 0.3) is 11.1 Å². The highest BCUT2D eigenvalue weighted by Crippen LogP contribution is 2.17. The third-order valence-electron chi connectivity index (χ3n) is 5.71. The van der Waals surface area contributed by atoms with Crippen LogP contribution in [-0.4, -0.2) is 19.9 Å². The average Bonchev–Trinajstić information content (AvgIpc) is 3.36. The molecule has 6 rings (SSSR count). The first-order valence-corrected chi connectivity index (χ1v) is 12.4. The molecule has 0 atom stereocenters. The number of hydrogen-bond donors (Lipinski definition) is 4. The standard InChI is InChI=1S/C14H9FN2O4.C12H8N2O4S/c15-9-3-1-2-7(5-9)4-8-6-10(18)21-13-11(8)12(19)16-14(20)17-13;15-8-4-7(3-6-1-2-19-5-6)9-10(16)13-12(17)14-11(9)18-8/h1-3,5-6H,4H2,(H2,16,17,19,20);1-2,4-5H,3H2,(H2,13,14,16,17). The van der Waals surface area contributed by atoms with Gasteiger partial charge < -0.3 is 8.83 Å². The molecule has 0 spiro atoms. The van der Waals surface area contributed by atoms with E-state index >= 15 is 0 Å². The molecule has 5 aromatic heterocycles. The lowest BCUT2D eigenvalue weighted by atomic mass is 10.0. The molecule has 0 saturated carbocycles. The summed E-state index contributed by atoms with van der Waals surface area (Å²) in [5.41, 5.74) is -1.81. The van der Waals surface area contributed by atoms with Crippen molar-refractivity contribution < 1.29 is 13.2 Å². The minimum absolute atomic E-state index is 0.0680. The zero-order valence-electron chi connectivity index (χ0n) is 20.2. The van der Waals surface area contributed by atoms with E-state index in [9.17, 15) is 33.2 Å². The number of hydrogen-bond acceptors (Lipinski definition) is 9. The van der Waals surface area contributed by atoms with Crippen molar-refractivity contribution in [2.75, 3.05) is 0 Å². The van der Waals surface area contributed by atoms with Gasteiger partial charge in [-0.25, -0.2) is 23.6 Å². The molecule has 0 saturated heterocycles. The number of H-pyrrole nitrogens is 4. The SMILES string of the molecule is O=c1[nH]c(=O)c2c(Cc3cccc(F)c3)cc(=O)oc2[nH]1.O=c1[nH]c(=O)c2c(Cc3ccsc3)cc(=O)oc2[nH]1. The van der Waals surface area contributed by atoms with Gasteiger partial charge in [0.05, 0.1) is 0 Å². The van der Waals surface area contributed by atoms with E-state index in [2.05, 4.69) is 19.9 Å². The van der Waals surface area contributed by atoms with Gasteiger partial charge in [0.1, 0.15) is 16.6 Å². The van der Waals surface area contributed by atoms with Crippen LogP contribution >= 0.6 is 11.3 Å². The molecule has 6 aromatic rings. The maximum atomic E-state index is 13.2. The van der Waals surface area contributed by atoms with Gasteiger partial charge in [-0.05, 0) is 64.1 Å². The summed E-state index contributed by atoms with van der Waals surface area (Å²) in [7, 11) is 0. The smallest absolute Gasteiger partial charge is 0.337 e. The highest BCUT2D eigenvalue weighted by atomic mass is 32.1. The molecule has 4 N–H and O–H groups in total. The fraction of sp³-hybridized carbons (Fsp3) is 0.0769. The lowest BCUT2D eigenvalue weighted by Gasteiger charge is -2.04. The van der Waals surface area contributed by atoms with Gasteiger partial charge in [0, 0.05) is 12.1 Å². The molecule has 0 aliphatic carbocycles. The molecule has 5 heterocycles. The van der Waals surface area contributed by atoms with Crippen LogP contribution in [0.2, 0.25) is 0 Å². The summed E-state index contributed by atoms with van der Waals surface area (Å²) in [4.78, 5) is 77.8. The van der Waals surface area contributed by atoms with Crippen LogP contribution in [0.1, 0.15) is 22.3 Å². The Bertz CT molecular complexity index is 2210. The van der Waals surface area contributed by atoms with Gasteiger partial charge in [0.2, 0.25) is 11.4 Å². The Kier molecular flexibility index (Phi) is 7.07. The summed E-state index contributed by atoms with van der Waals surface area (Å²) in [5.74, 6) is -0.415. The van der Waals surface area contributed by atoms with Crippen LogP contribution in [0.3, 0.4) is 0 Å². The number of benzene rings is 1. The van der Waals surface area contributed by atoms with E-state index in [1.54, 1.807) is 6.07 Å². The summed E-state index contributed by atoms with van der Waals surface area (Å²) in [5, 5.41) is 4.11. The zero-order valence-corrected chi connectivity index (χ0v) is 21.0. The highest BCUT2D eigenvalue weighted by Gasteiger charge is 2.13. The molecular formula is C26H17FN4O8S. The number of aromatic nitrogens is 4. The van der Waals surface area contributed by atoms with Crippen LogP contribution in [0, 0.1) is 5.82 Å². The molecule has 0 amide bonds. The summed E-state index contributed by atoms with van der Waals surface area (Å²) in [6.45, 7) is 0. The summed E-state index contributed by atoms with van der Waals surface area (Å²) in [6, 6.07) is 10.1. The van der Waals surface area contributed by atoms with E-state index in [-0.39, 0.29) is 28.6 Å². The van der Waals surface area contributed by atoms with Crippen molar-refractivity contribution in [3.8, 4) is 0 Å². The van der Waals surface area contributed by atoms with E-state index in [0.717, 1.165) is 11.6 Å². The van der Waals surface area contributed by atoms with Gasteiger partial charge in [-0.1, -0.05) is 12.1 Å². The maximum Gasteiger partial charge on any atom is 0.337 e. The molecular weight excluding hydrogens is 547 g/mol. The molecule has 0 aliphatic rings. The van der Waals surface area contributed by atoms with E-state index in [1.165, 1.54) is 35.6 Å². The van der Waals surface area contributed by atoms with E-state index in [0.29, 0.717) is 23.1 Å². The number of halogens is 1. The Hall–Kier alpha value is -5.37. The Morgan fingerprint density at radius 3 is 1.73 bits per heavy atom. The third-order valence-corrected chi connectivity index (χ3v) is 6.44. The lowest BCUT2D eigenvalue weighted by molar-refractivity contribution is 0.544. The number of thiophene rings is 1. The van der Waals surface area contributed by atoms with Crippen molar-refractivity contribution in [3.05, 3.63) is 144 Å². The minimum atomic E-state index is -0.765. The largest absolute Gasteiger partial charge is 0.405 e. The van der Waals surface area contributed by atoms with Gasteiger partial charge in [-0.3, -0.25) is 29.5 Å². The van der Waals surface area contributed by atoms with Crippen LogP contribution in [0.5, 0.6) is 0 Å². The molecule has 0 radical (unpaired) electrons. The van der Waals surface area contributed by atoms with E-state index < -0.39 is 39.6 Å². The summed E-state index contributed by atoms with van der Waals surface area (Å²) in [6.07, 6.45) is 0.593. The molecule has 40 heavy (non-hydrogen) atoms. The van der Waals surface area contributed by atoms with E-state index in [1.807, 2.05) is 16.8 Å². The van der Waals surface area contributed by atoms with Gasteiger partial charge in [-0.2, -0.15) is 11.3 Å². The number of aromatic amines is 4. The monoisotopic (exact) mass is 564 g/mol. The van der Waals surface area contributed by atoms with Crippen molar-refractivity contribution in [1.29, 1.82) is 0 Å². The fourth-order valence-electron chi connectivity index (χ4n) is 4.12. The maximum absolute atomic E-state index is 13.2. The molecule has 0 fully saturated rings. The zero-order chi connectivity index (χ0) is 28.4. The van der Waals surface area contributed by atoms with Crippen molar-refractivity contribution in [2.24, 2.45) is 0 Å². The molecule has 1 aromatic carbocycles. The Morgan fingerprint density at radius 1 is 0.675 bits per heavy atom. The van der Waals surface area contributed by atoms with Gasteiger partial charge in [0.15, 0.2) is 0 Å². The highest BCUT2D eigenvalue weighted by molar-refractivity contribution is 7.07. The van der Waals surface area contributed by atoms with Crippen molar-refractivity contribution in [1.82, 2.24) is 19.9 Å². The van der Waals surface area contributed by atoms with Crippen LogP contribution in [0.15, 0.2) is 90.8 Å². The first-order chi connectivity index (χ1) is 19.2.